The molecule has 0 radical (unpaired) electrons. The Kier molecular flexibility index (Phi) is 6.55. The second kappa shape index (κ2) is 10.1. The van der Waals surface area contributed by atoms with Gasteiger partial charge in [-0.05, 0) is 44.4 Å². The van der Waals surface area contributed by atoms with Crippen LogP contribution in [0.2, 0.25) is 0 Å². The first-order valence-corrected chi connectivity index (χ1v) is 15.4. The molecule has 6 rings (SSSR count). The first kappa shape index (κ1) is 26.0. The molecule has 1 aliphatic heterocycles. The maximum absolute atomic E-state index is 13.6. The second-order valence-corrected chi connectivity index (χ2v) is 13.6. The van der Waals surface area contributed by atoms with Crippen molar-refractivity contribution in [3.8, 4) is 28.3 Å². The van der Waals surface area contributed by atoms with Gasteiger partial charge >= 0.3 is 0 Å². The van der Waals surface area contributed by atoms with Crippen molar-refractivity contribution in [1.29, 1.82) is 5.26 Å². The van der Waals surface area contributed by atoms with Gasteiger partial charge in [0.15, 0.2) is 0 Å². The van der Waals surface area contributed by atoms with Crippen LogP contribution in [0.25, 0.3) is 27.8 Å². The summed E-state index contributed by atoms with van der Waals surface area (Å²) in [4.78, 5) is 7.07. The number of pyridine rings is 2. The molecule has 1 saturated heterocycles. The zero-order valence-corrected chi connectivity index (χ0v) is 23.8. The highest BCUT2D eigenvalue weighted by Gasteiger charge is 2.32. The summed E-state index contributed by atoms with van der Waals surface area (Å²) < 4.78 is 21.6. The van der Waals surface area contributed by atoms with Crippen molar-refractivity contribution in [3.63, 3.8) is 0 Å². The number of allylic oxidation sites excluding steroid dienone is 3. The van der Waals surface area contributed by atoms with Crippen molar-refractivity contribution in [2.75, 3.05) is 24.2 Å². The number of aromatic nitrogens is 5. The van der Waals surface area contributed by atoms with Crippen molar-refractivity contribution < 1.29 is 4.21 Å². The zero-order valence-electron chi connectivity index (χ0n) is 22.9. The average Bonchev–Trinajstić information content (AvgIpc) is 3.59. The Bertz CT molecular complexity index is 1790. The average molecular weight is 553 g/mol. The van der Waals surface area contributed by atoms with Gasteiger partial charge < -0.3 is 4.90 Å². The molecule has 0 saturated carbocycles. The number of anilines is 1. The molecule has 9 nitrogen and oxygen atoms in total. The number of hydrogen-bond donors (Lipinski definition) is 0. The van der Waals surface area contributed by atoms with Gasteiger partial charge in [0.2, 0.25) is 0 Å². The van der Waals surface area contributed by atoms with Crippen LogP contribution < -0.4 is 4.90 Å². The molecule has 0 amide bonds. The summed E-state index contributed by atoms with van der Waals surface area (Å²) in [6.07, 6.45) is 21.5. The van der Waals surface area contributed by atoms with Gasteiger partial charge in [-0.25, -0.2) is 18.1 Å². The highest BCUT2D eigenvalue weighted by Crippen LogP contribution is 2.33. The minimum atomic E-state index is -2.37. The Balaban J connectivity index is 1.23. The molecule has 0 spiro atoms. The van der Waals surface area contributed by atoms with Gasteiger partial charge in [0.1, 0.15) is 11.9 Å². The Labute approximate surface area is 234 Å². The number of nitrogens with zero attached hydrogens (tertiary/aromatic N) is 8. The number of hydrogen-bond acceptors (Lipinski definition) is 7. The Morgan fingerprint density at radius 2 is 1.90 bits per heavy atom. The third kappa shape index (κ3) is 4.71. The second-order valence-electron chi connectivity index (χ2n) is 10.8. The topological polar surface area (TPSA) is 104 Å². The lowest BCUT2D eigenvalue weighted by atomic mass is 10.0. The molecule has 0 bridgehead atoms. The molecule has 0 N–H and O–H groups in total. The van der Waals surface area contributed by atoms with E-state index >= 15 is 0 Å². The lowest BCUT2D eigenvalue weighted by Crippen LogP contribution is -2.38. The van der Waals surface area contributed by atoms with Gasteiger partial charge in [0.05, 0.1) is 44.0 Å². The minimum Gasteiger partial charge on any atom is -0.356 e. The maximum atomic E-state index is 13.6. The summed E-state index contributed by atoms with van der Waals surface area (Å²) in [6.45, 7) is 3.66. The largest absolute Gasteiger partial charge is 0.356 e. The van der Waals surface area contributed by atoms with E-state index in [1.54, 1.807) is 15.4 Å². The fourth-order valence-electron chi connectivity index (χ4n) is 5.48. The van der Waals surface area contributed by atoms with Gasteiger partial charge in [-0.3, -0.25) is 4.68 Å². The van der Waals surface area contributed by atoms with E-state index in [1.807, 2.05) is 69.3 Å². The van der Waals surface area contributed by atoms with Gasteiger partial charge in [-0.15, -0.1) is 0 Å². The van der Waals surface area contributed by atoms with Crippen molar-refractivity contribution in [2.45, 2.75) is 37.0 Å². The predicted octanol–water partition coefficient (Wildman–Crippen LogP) is 5.01. The molecule has 40 heavy (non-hydrogen) atoms. The normalized spacial score (nSPS) is 20.9. The van der Waals surface area contributed by atoms with E-state index in [1.165, 1.54) is 0 Å². The fourth-order valence-corrected chi connectivity index (χ4v) is 7.23. The van der Waals surface area contributed by atoms with E-state index in [0.29, 0.717) is 5.56 Å². The summed E-state index contributed by atoms with van der Waals surface area (Å²) >= 11 is 0. The van der Waals surface area contributed by atoms with Crippen LogP contribution >= 0.6 is 0 Å². The smallest absolute Gasteiger partial charge is 0.128 e. The fraction of sp³-hybridized carbons (Fsp3) is 0.333. The van der Waals surface area contributed by atoms with Crippen molar-refractivity contribution >= 4 is 21.1 Å². The SMILES string of the molecule is Cn1cc(-c2cc(-c3ccc(N4CCC(N=S(C)(=O)C5(C)C=CC=CC5)CC4)nc3)c3c(C#N)cnn3c2)cn1. The third-order valence-corrected chi connectivity index (χ3v) is 10.8. The molecule has 1 fully saturated rings. The Morgan fingerprint density at radius 3 is 2.55 bits per heavy atom. The zero-order chi connectivity index (χ0) is 27.9. The lowest BCUT2D eigenvalue weighted by molar-refractivity contribution is 0.500. The van der Waals surface area contributed by atoms with E-state index in [-0.39, 0.29) is 6.04 Å². The molecular weight excluding hydrogens is 520 g/mol. The van der Waals surface area contributed by atoms with Gasteiger partial charge in [0, 0.05) is 67.2 Å². The van der Waals surface area contributed by atoms with Crippen LogP contribution in [0.4, 0.5) is 5.82 Å². The maximum Gasteiger partial charge on any atom is 0.128 e. The Hall–Kier alpha value is -4.23. The third-order valence-electron chi connectivity index (χ3n) is 8.05. The molecule has 1 aliphatic carbocycles. The van der Waals surface area contributed by atoms with Crippen molar-refractivity contribution in [3.05, 3.63) is 79.1 Å². The highest BCUT2D eigenvalue weighted by atomic mass is 32.2. The summed E-state index contributed by atoms with van der Waals surface area (Å²) in [5, 5.41) is 18.4. The van der Waals surface area contributed by atoms with Crippen LogP contribution in [-0.4, -0.2) is 58.7 Å². The van der Waals surface area contributed by atoms with Crippen LogP contribution in [0, 0.1) is 11.3 Å². The number of piperidine rings is 1. The van der Waals surface area contributed by atoms with Crippen molar-refractivity contribution in [2.24, 2.45) is 11.4 Å². The first-order valence-electron chi connectivity index (χ1n) is 13.4. The van der Waals surface area contributed by atoms with Gasteiger partial charge in [0.25, 0.3) is 0 Å². The van der Waals surface area contributed by atoms with Crippen LogP contribution in [-0.2, 0) is 16.8 Å². The van der Waals surface area contributed by atoms with E-state index < -0.39 is 14.5 Å². The number of aryl methyl sites for hydroxylation is 1. The van der Waals surface area contributed by atoms with E-state index in [9.17, 15) is 9.47 Å². The molecule has 2 aliphatic rings. The summed E-state index contributed by atoms with van der Waals surface area (Å²) in [6, 6.07) is 8.50. The molecule has 4 aromatic heterocycles. The van der Waals surface area contributed by atoms with Crippen molar-refractivity contribution in [1.82, 2.24) is 24.4 Å². The predicted molar refractivity (Wildman–Crippen MR) is 158 cm³/mol. The van der Waals surface area contributed by atoms with Gasteiger partial charge in [-0.1, -0.05) is 24.3 Å². The molecule has 10 heteroatoms. The molecule has 2 atom stereocenters. The van der Waals surface area contributed by atoms with Crippen LogP contribution in [0.1, 0.15) is 31.7 Å². The molecule has 0 aromatic carbocycles. The van der Waals surface area contributed by atoms with Crippen LogP contribution in [0.15, 0.2) is 77.9 Å². The number of fused-ring (bicyclic) bond motifs is 1. The lowest BCUT2D eigenvalue weighted by Gasteiger charge is -2.34. The van der Waals surface area contributed by atoms with E-state index in [0.717, 1.165) is 65.9 Å². The quantitative estimate of drug-likeness (QED) is 0.345. The molecular formula is C30H32N8OS. The van der Waals surface area contributed by atoms with E-state index in [4.69, 9.17) is 9.35 Å². The molecule has 4 aromatic rings. The minimum absolute atomic E-state index is 0.0823. The number of nitriles is 1. The standard InChI is InChI=1S/C30H32N8OS/c1-30(11-5-4-6-12-30)40(3,39)35-26-9-13-37(14-10-26)28-8-7-22(17-32-28)27-15-23(25-19-33-36(2)20-25)21-38-29(27)24(16-31)18-34-38/h4-8,11,15,17-21,26H,9-10,12-14H2,1-3H3. The summed E-state index contributed by atoms with van der Waals surface area (Å²) in [5.41, 5.74) is 5.01. The van der Waals surface area contributed by atoms with Crippen LogP contribution in [0.5, 0.6) is 0 Å². The van der Waals surface area contributed by atoms with Crippen LogP contribution in [0.3, 0.4) is 0 Å². The summed E-state index contributed by atoms with van der Waals surface area (Å²) in [7, 11) is -0.489. The Morgan fingerprint density at radius 1 is 1.07 bits per heavy atom. The number of rotatable bonds is 5. The molecule has 204 valence electrons. The highest BCUT2D eigenvalue weighted by molar-refractivity contribution is 7.94. The molecule has 2 unspecified atom stereocenters. The summed E-state index contributed by atoms with van der Waals surface area (Å²) in [5.74, 6) is 0.903. The first-order chi connectivity index (χ1) is 19.3. The van der Waals surface area contributed by atoms with E-state index in [2.05, 4.69) is 39.4 Å². The van der Waals surface area contributed by atoms with Gasteiger partial charge in [-0.2, -0.15) is 15.5 Å². The molecule has 5 heterocycles. The monoisotopic (exact) mass is 552 g/mol.